The molecule has 1 saturated heterocycles. The number of imidazole rings is 1. The molecule has 0 saturated carbocycles. The molecule has 0 unspecified atom stereocenters. The standard InChI is InChI=1S/C19H17F3N6O2/c20-19(21,22)16-11-15(25-18(26-16)28-5-4-23-12-28)17(29)24-13-2-1-3-14(10-13)27-6-8-30-9-7-27/h1-5,10-12H,6-9H2,(H,24,29). The van der Waals surface area contributed by atoms with Crippen molar-refractivity contribution in [3.63, 3.8) is 0 Å². The average molecular weight is 418 g/mol. The molecule has 0 spiro atoms. The van der Waals surface area contributed by atoms with Gasteiger partial charge in [-0.15, -0.1) is 0 Å². The molecule has 1 aromatic carbocycles. The number of carbonyl (C=O) groups excluding carboxylic acids is 1. The molecule has 0 radical (unpaired) electrons. The van der Waals surface area contributed by atoms with Crippen LogP contribution in [0.4, 0.5) is 24.5 Å². The Morgan fingerprint density at radius 2 is 1.93 bits per heavy atom. The summed E-state index contributed by atoms with van der Waals surface area (Å²) in [6, 6.07) is 7.70. The summed E-state index contributed by atoms with van der Waals surface area (Å²) in [6.45, 7) is 2.64. The summed E-state index contributed by atoms with van der Waals surface area (Å²) in [5, 5.41) is 2.61. The number of alkyl halides is 3. The number of hydrogen-bond acceptors (Lipinski definition) is 6. The first-order chi connectivity index (χ1) is 14.4. The number of benzene rings is 1. The first-order valence-corrected chi connectivity index (χ1v) is 9.09. The van der Waals surface area contributed by atoms with Crippen LogP contribution in [0, 0.1) is 0 Å². The number of amides is 1. The SMILES string of the molecule is O=C(Nc1cccc(N2CCOCC2)c1)c1cc(C(F)(F)F)nc(-n2ccnc2)n1. The van der Waals surface area contributed by atoms with E-state index in [0.29, 0.717) is 38.1 Å². The number of halogens is 3. The van der Waals surface area contributed by atoms with Crippen LogP contribution in [-0.2, 0) is 10.9 Å². The summed E-state index contributed by atoms with van der Waals surface area (Å²) in [5.41, 5.74) is -0.291. The van der Waals surface area contributed by atoms with Gasteiger partial charge in [-0.2, -0.15) is 13.2 Å². The van der Waals surface area contributed by atoms with Crippen molar-refractivity contribution in [2.24, 2.45) is 0 Å². The van der Waals surface area contributed by atoms with Crippen LogP contribution < -0.4 is 10.2 Å². The number of nitrogens with one attached hydrogen (secondary N) is 1. The molecule has 3 aromatic rings. The molecule has 11 heteroatoms. The normalized spacial score (nSPS) is 14.6. The van der Waals surface area contributed by atoms with E-state index in [9.17, 15) is 18.0 Å². The molecule has 1 aliphatic heterocycles. The van der Waals surface area contributed by atoms with Crippen molar-refractivity contribution in [2.45, 2.75) is 6.18 Å². The van der Waals surface area contributed by atoms with Gasteiger partial charge in [0.2, 0.25) is 5.95 Å². The van der Waals surface area contributed by atoms with Crippen LogP contribution in [0.5, 0.6) is 0 Å². The number of ether oxygens (including phenoxy) is 1. The predicted molar refractivity (Wildman–Crippen MR) is 102 cm³/mol. The summed E-state index contributed by atoms with van der Waals surface area (Å²) < 4.78 is 46.4. The van der Waals surface area contributed by atoms with Crippen molar-refractivity contribution in [1.82, 2.24) is 19.5 Å². The van der Waals surface area contributed by atoms with Gasteiger partial charge < -0.3 is 15.0 Å². The molecule has 0 atom stereocenters. The third kappa shape index (κ3) is 4.40. The zero-order valence-corrected chi connectivity index (χ0v) is 15.6. The number of carbonyl (C=O) groups is 1. The van der Waals surface area contributed by atoms with Crippen molar-refractivity contribution in [3.8, 4) is 5.95 Å². The number of hydrogen-bond donors (Lipinski definition) is 1. The molecule has 156 valence electrons. The summed E-state index contributed by atoms with van der Waals surface area (Å²) in [6.07, 6.45) is -0.712. The number of nitrogens with zero attached hydrogens (tertiary/aromatic N) is 5. The van der Waals surface area contributed by atoms with Crippen LogP contribution in [0.1, 0.15) is 16.2 Å². The predicted octanol–water partition coefficient (Wildman–Crippen LogP) is 2.77. The third-order valence-electron chi connectivity index (χ3n) is 4.45. The van der Waals surface area contributed by atoms with Crippen LogP contribution in [0.3, 0.4) is 0 Å². The molecule has 2 aromatic heterocycles. The Bertz CT molecular complexity index is 1030. The lowest BCUT2D eigenvalue weighted by Gasteiger charge is -2.29. The van der Waals surface area contributed by atoms with Crippen LogP contribution >= 0.6 is 0 Å². The lowest BCUT2D eigenvalue weighted by Crippen LogP contribution is -2.36. The lowest BCUT2D eigenvalue weighted by atomic mass is 10.2. The highest BCUT2D eigenvalue weighted by Crippen LogP contribution is 2.29. The third-order valence-corrected chi connectivity index (χ3v) is 4.45. The molecule has 1 fully saturated rings. The highest BCUT2D eigenvalue weighted by molar-refractivity contribution is 6.03. The minimum absolute atomic E-state index is 0.297. The van der Waals surface area contributed by atoms with Crippen LogP contribution in [0.15, 0.2) is 49.1 Å². The second-order valence-electron chi connectivity index (χ2n) is 6.51. The van der Waals surface area contributed by atoms with Gasteiger partial charge in [-0.05, 0) is 18.2 Å². The summed E-state index contributed by atoms with van der Waals surface area (Å²) >= 11 is 0. The van der Waals surface area contributed by atoms with E-state index in [1.807, 2.05) is 6.07 Å². The molecule has 30 heavy (non-hydrogen) atoms. The minimum atomic E-state index is -4.73. The topological polar surface area (TPSA) is 85.2 Å². The number of morpholine rings is 1. The molecule has 8 nitrogen and oxygen atoms in total. The highest BCUT2D eigenvalue weighted by Gasteiger charge is 2.34. The number of aromatic nitrogens is 4. The Kier molecular flexibility index (Phi) is 5.36. The van der Waals surface area contributed by atoms with Crippen molar-refractivity contribution in [3.05, 3.63) is 60.4 Å². The fourth-order valence-electron chi connectivity index (χ4n) is 2.99. The maximum absolute atomic E-state index is 13.3. The quantitative estimate of drug-likeness (QED) is 0.702. The first kappa shape index (κ1) is 19.8. The van der Waals surface area contributed by atoms with Gasteiger partial charge in [-0.3, -0.25) is 9.36 Å². The van der Waals surface area contributed by atoms with Gasteiger partial charge in [0.05, 0.1) is 13.2 Å². The maximum Gasteiger partial charge on any atom is 0.433 e. The van der Waals surface area contributed by atoms with Gasteiger partial charge >= 0.3 is 6.18 Å². The number of anilines is 2. The Labute approximate surface area is 169 Å². The van der Waals surface area contributed by atoms with Crippen molar-refractivity contribution in [2.75, 3.05) is 36.5 Å². The smallest absolute Gasteiger partial charge is 0.378 e. The van der Waals surface area contributed by atoms with Crippen molar-refractivity contribution in [1.29, 1.82) is 0 Å². The molecule has 4 rings (SSSR count). The largest absolute Gasteiger partial charge is 0.433 e. The molecule has 0 aliphatic carbocycles. The molecule has 0 bridgehead atoms. The summed E-state index contributed by atoms with van der Waals surface area (Å²) in [7, 11) is 0. The van der Waals surface area contributed by atoms with Crippen LogP contribution in [0.25, 0.3) is 5.95 Å². The van der Waals surface area contributed by atoms with E-state index < -0.39 is 23.5 Å². The molecule has 1 amide bonds. The lowest BCUT2D eigenvalue weighted by molar-refractivity contribution is -0.141. The second kappa shape index (κ2) is 8.11. The zero-order chi connectivity index (χ0) is 21.1. The minimum Gasteiger partial charge on any atom is -0.378 e. The average Bonchev–Trinajstić information content (AvgIpc) is 3.29. The molecule has 1 aliphatic rings. The maximum atomic E-state index is 13.3. The Balaban J connectivity index is 1.61. The van der Waals surface area contributed by atoms with Gasteiger partial charge in [0, 0.05) is 42.9 Å². The molecular formula is C19H17F3N6O2. The van der Waals surface area contributed by atoms with Crippen molar-refractivity contribution >= 4 is 17.3 Å². The van der Waals surface area contributed by atoms with E-state index in [-0.39, 0.29) is 5.95 Å². The van der Waals surface area contributed by atoms with Crippen LogP contribution in [-0.4, -0.2) is 51.7 Å². The Morgan fingerprint density at radius 1 is 1.13 bits per heavy atom. The summed E-state index contributed by atoms with van der Waals surface area (Å²) in [5.74, 6) is -1.07. The molecule has 1 N–H and O–H groups in total. The second-order valence-corrected chi connectivity index (χ2v) is 6.51. The van der Waals surface area contributed by atoms with Crippen LogP contribution in [0.2, 0.25) is 0 Å². The van der Waals surface area contributed by atoms with Gasteiger partial charge in [0.15, 0.2) is 5.69 Å². The van der Waals surface area contributed by atoms with E-state index >= 15 is 0 Å². The summed E-state index contributed by atoms with van der Waals surface area (Å²) in [4.78, 5) is 26.0. The van der Waals surface area contributed by atoms with E-state index in [4.69, 9.17) is 4.74 Å². The highest BCUT2D eigenvalue weighted by atomic mass is 19.4. The van der Waals surface area contributed by atoms with Gasteiger partial charge in [0.25, 0.3) is 5.91 Å². The van der Waals surface area contributed by atoms with E-state index in [1.54, 1.807) is 18.2 Å². The van der Waals surface area contributed by atoms with Gasteiger partial charge in [-0.25, -0.2) is 15.0 Å². The first-order valence-electron chi connectivity index (χ1n) is 9.09. The Hall–Kier alpha value is -3.47. The number of rotatable bonds is 4. The van der Waals surface area contributed by atoms with Gasteiger partial charge in [0.1, 0.15) is 12.0 Å². The zero-order valence-electron chi connectivity index (χ0n) is 15.6. The van der Waals surface area contributed by atoms with Gasteiger partial charge in [-0.1, -0.05) is 6.07 Å². The van der Waals surface area contributed by atoms with E-state index in [0.717, 1.165) is 5.69 Å². The Morgan fingerprint density at radius 3 is 2.63 bits per heavy atom. The van der Waals surface area contributed by atoms with Crippen molar-refractivity contribution < 1.29 is 22.7 Å². The monoisotopic (exact) mass is 418 g/mol. The molecule has 3 heterocycles. The van der Waals surface area contributed by atoms with E-state index in [1.165, 1.54) is 23.3 Å². The van der Waals surface area contributed by atoms with E-state index in [2.05, 4.69) is 25.2 Å². The fraction of sp³-hybridized carbons (Fsp3) is 0.263. The fourth-order valence-corrected chi connectivity index (χ4v) is 2.99. The molecular weight excluding hydrogens is 401 g/mol.